The lowest BCUT2D eigenvalue weighted by Gasteiger charge is -2.11. The molecule has 1 fully saturated rings. The molecular weight excluding hydrogens is 216 g/mol. The normalized spacial score (nSPS) is 16.8. The number of carbonyl (C=O) groups excluding carboxylic acids is 1. The van der Waals surface area contributed by atoms with Crippen molar-refractivity contribution in [2.45, 2.75) is 38.8 Å². The van der Waals surface area contributed by atoms with Gasteiger partial charge in [0.1, 0.15) is 0 Å². The first-order valence-corrected chi connectivity index (χ1v) is 6.17. The topological polar surface area (TPSA) is 72.9 Å². The summed E-state index contributed by atoms with van der Waals surface area (Å²) in [5.41, 5.74) is 6.93. The standard InChI is InChI=1S/C12H20N4O/c1-9-7-15-16(8-9)5-4-14-12(17)11(13)6-10-2-3-10/h7-8,10-11H,2-6,13H2,1H3,(H,14,17)/t11-/m0/s1. The lowest BCUT2D eigenvalue weighted by Crippen LogP contribution is -2.42. The van der Waals surface area contributed by atoms with Crippen molar-refractivity contribution >= 4 is 5.91 Å². The van der Waals surface area contributed by atoms with Crippen LogP contribution in [0.25, 0.3) is 0 Å². The van der Waals surface area contributed by atoms with Crippen LogP contribution in [0, 0.1) is 12.8 Å². The fourth-order valence-electron chi connectivity index (χ4n) is 1.83. The Hall–Kier alpha value is -1.36. The molecular formula is C12H20N4O. The minimum absolute atomic E-state index is 0.0409. The van der Waals surface area contributed by atoms with E-state index in [0.29, 0.717) is 19.0 Å². The van der Waals surface area contributed by atoms with Crippen LogP contribution in [0.4, 0.5) is 0 Å². The zero-order valence-corrected chi connectivity index (χ0v) is 10.2. The number of nitrogens with zero attached hydrogens (tertiary/aromatic N) is 2. The molecule has 0 radical (unpaired) electrons. The van der Waals surface area contributed by atoms with Crippen LogP contribution in [0.1, 0.15) is 24.8 Å². The van der Waals surface area contributed by atoms with Gasteiger partial charge in [0, 0.05) is 12.7 Å². The van der Waals surface area contributed by atoms with Gasteiger partial charge in [0.25, 0.3) is 0 Å². The number of hydrogen-bond acceptors (Lipinski definition) is 3. The van der Waals surface area contributed by atoms with Crippen LogP contribution in [0.2, 0.25) is 0 Å². The molecule has 1 aromatic heterocycles. The highest BCUT2D eigenvalue weighted by atomic mass is 16.2. The number of nitrogens with two attached hydrogens (primary N) is 1. The van der Waals surface area contributed by atoms with Gasteiger partial charge >= 0.3 is 0 Å². The van der Waals surface area contributed by atoms with Gasteiger partial charge in [-0.1, -0.05) is 12.8 Å². The molecule has 0 aliphatic heterocycles. The summed E-state index contributed by atoms with van der Waals surface area (Å²) in [5.74, 6) is 0.644. The van der Waals surface area contributed by atoms with Gasteiger partial charge in [0.15, 0.2) is 0 Å². The molecule has 0 unspecified atom stereocenters. The fourth-order valence-corrected chi connectivity index (χ4v) is 1.83. The van der Waals surface area contributed by atoms with E-state index in [-0.39, 0.29) is 11.9 Å². The van der Waals surface area contributed by atoms with Gasteiger partial charge < -0.3 is 11.1 Å². The first-order valence-electron chi connectivity index (χ1n) is 6.17. The summed E-state index contributed by atoms with van der Waals surface area (Å²) >= 11 is 0. The Balaban J connectivity index is 1.65. The summed E-state index contributed by atoms with van der Waals surface area (Å²) in [4.78, 5) is 11.6. The van der Waals surface area contributed by atoms with Gasteiger partial charge in [0.05, 0.1) is 18.8 Å². The smallest absolute Gasteiger partial charge is 0.236 e. The summed E-state index contributed by atoms with van der Waals surface area (Å²) in [6, 6.07) is -0.346. The highest BCUT2D eigenvalue weighted by molar-refractivity contribution is 5.81. The number of amides is 1. The molecule has 1 saturated carbocycles. The number of carbonyl (C=O) groups is 1. The van der Waals surface area contributed by atoms with Crippen molar-refractivity contribution in [1.82, 2.24) is 15.1 Å². The van der Waals surface area contributed by atoms with Crippen molar-refractivity contribution in [3.8, 4) is 0 Å². The maximum Gasteiger partial charge on any atom is 0.236 e. The van der Waals surface area contributed by atoms with Crippen LogP contribution in [0.3, 0.4) is 0 Å². The maximum atomic E-state index is 11.6. The second-order valence-corrected chi connectivity index (χ2v) is 4.86. The molecule has 17 heavy (non-hydrogen) atoms. The van der Waals surface area contributed by atoms with Crippen molar-refractivity contribution in [2.75, 3.05) is 6.54 Å². The van der Waals surface area contributed by atoms with Crippen LogP contribution in [0.15, 0.2) is 12.4 Å². The van der Waals surface area contributed by atoms with Crippen molar-refractivity contribution in [3.05, 3.63) is 18.0 Å². The molecule has 2 rings (SSSR count). The minimum atomic E-state index is -0.346. The van der Waals surface area contributed by atoms with Gasteiger partial charge in [-0.15, -0.1) is 0 Å². The Morgan fingerprint density at radius 2 is 2.47 bits per heavy atom. The molecule has 1 amide bonds. The molecule has 5 nitrogen and oxygen atoms in total. The molecule has 3 N–H and O–H groups in total. The highest BCUT2D eigenvalue weighted by Crippen LogP contribution is 2.33. The number of aryl methyl sites for hydroxylation is 1. The first-order chi connectivity index (χ1) is 8.15. The molecule has 94 valence electrons. The zero-order valence-electron chi connectivity index (χ0n) is 10.2. The SMILES string of the molecule is Cc1cnn(CCNC(=O)[C@@H](N)CC2CC2)c1. The Kier molecular flexibility index (Phi) is 3.78. The minimum Gasteiger partial charge on any atom is -0.353 e. The largest absolute Gasteiger partial charge is 0.353 e. The van der Waals surface area contributed by atoms with Crippen LogP contribution < -0.4 is 11.1 Å². The van der Waals surface area contributed by atoms with E-state index in [1.165, 1.54) is 12.8 Å². The molecule has 0 spiro atoms. The molecule has 1 aliphatic rings. The third-order valence-corrected chi connectivity index (χ3v) is 3.02. The van der Waals surface area contributed by atoms with E-state index in [9.17, 15) is 4.79 Å². The quantitative estimate of drug-likeness (QED) is 0.752. The molecule has 1 atom stereocenters. The molecule has 0 bridgehead atoms. The summed E-state index contributed by atoms with van der Waals surface area (Å²) in [5, 5.41) is 7.00. The zero-order chi connectivity index (χ0) is 12.3. The van der Waals surface area contributed by atoms with Crippen LogP contribution in [-0.2, 0) is 11.3 Å². The molecule has 1 aliphatic carbocycles. The number of aromatic nitrogens is 2. The van der Waals surface area contributed by atoms with E-state index in [4.69, 9.17) is 5.73 Å². The summed E-state index contributed by atoms with van der Waals surface area (Å²) in [6.07, 6.45) is 7.05. The average molecular weight is 236 g/mol. The van der Waals surface area contributed by atoms with Gasteiger partial charge in [-0.3, -0.25) is 9.48 Å². The maximum absolute atomic E-state index is 11.6. The third kappa shape index (κ3) is 3.85. The lowest BCUT2D eigenvalue weighted by atomic mass is 10.1. The van der Waals surface area contributed by atoms with Gasteiger partial charge in [-0.2, -0.15) is 5.10 Å². The summed E-state index contributed by atoms with van der Waals surface area (Å²) in [6.45, 7) is 3.27. The van der Waals surface area contributed by atoms with E-state index in [0.717, 1.165) is 12.0 Å². The van der Waals surface area contributed by atoms with Crippen molar-refractivity contribution < 1.29 is 4.79 Å². The highest BCUT2D eigenvalue weighted by Gasteiger charge is 2.26. The Labute approximate surface area is 101 Å². The van der Waals surface area contributed by atoms with Crippen molar-refractivity contribution in [1.29, 1.82) is 0 Å². The monoisotopic (exact) mass is 236 g/mol. The van der Waals surface area contributed by atoms with Gasteiger partial charge in [-0.05, 0) is 24.8 Å². The molecule has 0 saturated heterocycles. The molecule has 0 aromatic carbocycles. The summed E-state index contributed by atoms with van der Waals surface area (Å²) in [7, 11) is 0. The van der Waals surface area contributed by atoms with E-state index >= 15 is 0 Å². The van der Waals surface area contributed by atoms with E-state index < -0.39 is 0 Å². The Morgan fingerprint density at radius 3 is 3.06 bits per heavy atom. The molecule has 5 heteroatoms. The average Bonchev–Trinajstić information content (AvgIpc) is 3.00. The van der Waals surface area contributed by atoms with Crippen LogP contribution in [-0.4, -0.2) is 28.3 Å². The summed E-state index contributed by atoms with van der Waals surface area (Å²) < 4.78 is 1.82. The Morgan fingerprint density at radius 1 is 1.71 bits per heavy atom. The predicted molar refractivity (Wildman–Crippen MR) is 65.3 cm³/mol. The number of hydrogen-bond donors (Lipinski definition) is 2. The Bertz CT molecular complexity index is 384. The number of rotatable bonds is 6. The molecule has 1 aromatic rings. The fraction of sp³-hybridized carbons (Fsp3) is 0.667. The first kappa shape index (κ1) is 12.1. The lowest BCUT2D eigenvalue weighted by molar-refractivity contribution is -0.122. The second kappa shape index (κ2) is 5.31. The predicted octanol–water partition coefficient (Wildman–Crippen LogP) is 0.435. The van der Waals surface area contributed by atoms with Crippen molar-refractivity contribution in [2.24, 2.45) is 11.7 Å². The molecule has 1 heterocycles. The van der Waals surface area contributed by atoms with E-state index in [1.807, 2.05) is 17.8 Å². The van der Waals surface area contributed by atoms with Crippen LogP contribution >= 0.6 is 0 Å². The van der Waals surface area contributed by atoms with Gasteiger partial charge in [-0.25, -0.2) is 0 Å². The number of nitrogens with one attached hydrogen (secondary N) is 1. The van der Waals surface area contributed by atoms with Gasteiger partial charge in [0.2, 0.25) is 5.91 Å². The second-order valence-electron chi connectivity index (χ2n) is 4.86. The van der Waals surface area contributed by atoms with Crippen molar-refractivity contribution in [3.63, 3.8) is 0 Å². The third-order valence-electron chi connectivity index (χ3n) is 3.02. The van der Waals surface area contributed by atoms with E-state index in [2.05, 4.69) is 10.4 Å². The van der Waals surface area contributed by atoms with E-state index in [1.54, 1.807) is 6.20 Å². The van der Waals surface area contributed by atoms with Crippen LogP contribution in [0.5, 0.6) is 0 Å².